The summed E-state index contributed by atoms with van der Waals surface area (Å²) in [4.78, 5) is 0. The van der Waals surface area contributed by atoms with Crippen LogP contribution < -0.4 is 15.2 Å². The van der Waals surface area contributed by atoms with Crippen molar-refractivity contribution < 1.29 is 13.9 Å². The summed E-state index contributed by atoms with van der Waals surface area (Å²) in [6.07, 6.45) is 0.505. The molecule has 0 saturated heterocycles. The molecule has 0 fully saturated rings. The van der Waals surface area contributed by atoms with Crippen LogP contribution in [0.4, 0.5) is 4.39 Å². The zero-order chi connectivity index (χ0) is 15.0. The summed E-state index contributed by atoms with van der Waals surface area (Å²) in [7, 11) is 1.65. The molecule has 1 unspecified atom stereocenters. The number of rotatable bonds is 2. The topological polar surface area (TPSA) is 44.5 Å². The molecule has 0 radical (unpaired) electrons. The van der Waals surface area contributed by atoms with Crippen LogP contribution in [0.15, 0.2) is 36.4 Å². The van der Waals surface area contributed by atoms with E-state index < -0.39 is 0 Å². The van der Waals surface area contributed by atoms with Gasteiger partial charge in [0.1, 0.15) is 23.4 Å². The van der Waals surface area contributed by atoms with Gasteiger partial charge in [-0.15, -0.1) is 0 Å². The Hall–Kier alpha value is -2.07. The lowest BCUT2D eigenvalue weighted by Gasteiger charge is -2.30. The van der Waals surface area contributed by atoms with Gasteiger partial charge in [0, 0.05) is 18.0 Å². The highest BCUT2D eigenvalue weighted by Gasteiger charge is 2.27. The summed E-state index contributed by atoms with van der Waals surface area (Å²) in [6, 6.07) is 10.2. The minimum Gasteiger partial charge on any atom is -0.496 e. The van der Waals surface area contributed by atoms with Crippen molar-refractivity contribution in [2.75, 3.05) is 7.11 Å². The van der Waals surface area contributed by atoms with Gasteiger partial charge in [-0.2, -0.15) is 0 Å². The van der Waals surface area contributed by atoms with Crippen molar-refractivity contribution in [3.05, 3.63) is 58.9 Å². The standard InChI is InChI=1S/C17H18FNO2/c1-10-7-11(3-5-15(10)20-2)17-9-14(19)13-8-12(18)4-6-16(13)21-17/h3-8,14,17H,9,19H2,1-2H3/t14-,17?/m0/s1. The van der Waals surface area contributed by atoms with Crippen molar-refractivity contribution in [1.82, 2.24) is 0 Å². The van der Waals surface area contributed by atoms with E-state index in [2.05, 4.69) is 0 Å². The molecule has 0 aliphatic carbocycles. The molecule has 0 spiro atoms. The lowest BCUT2D eigenvalue weighted by Crippen LogP contribution is -2.24. The van der Waals surface area contributed by atoms with Crippen LogP contribution in [0.2, 0.25) is 0 Å². The Morgan fingerprint density at radius 3 is 2.76 bits per heavy atom. The Morgan fingerprint density at radius 2 is 2.05 bits per heavy atom. The fourth-order valence-corrected chi connectivity index (χ4v) is 2.78. The Kier molecular flexibility index (Phi) is 3.55. The summed E-state index contributed by atoms with van der Waals surface area (Å²) in [5.74, 6) is 1.22. The molecular formula is C17H18FNO2. The maximum Gasteiger partial charge on any atom is 0.126 e. The van der Waals surface area contributed by atoms with Crippen LogP contribution in [0.3, 0.4) is 0 Å². The second-order valence-corrected chi connectivity index (χ2v) is 5.36. The second-order valence-electron chi connectivity index (χ2n) is 5.36. The maximum atomic E-state index is 13.3. The van der Waals surface area contributed by atoms with Crippen molar-refractivity contribution in [1.29, 1.82) is 0 Å². The van der Waals surface area contributed by atoms with E-state index in [1.165, 1.54) is 12.1 Å². The van der Waals surface area contributed by atoms with Crippen molar-refractivity contribution >= 4 is 0 Å². The average Bonchev–Trinajstić information content (AvgIpc) is 2.47. The van der Waals surface area contributed by atoms with Gasteiger partial charge in [0.25, 0.3) is 0 Å². The monoisotopic (exact) mass is 287 g/mol. The Morgan fingerprint density at radius 1 is 1.24 bits per heavy atom. The zero-order valence-electron chi connectivity index (χ0n) is 12.1. The number of methoxy groups -OCH3 is 1. The van der Waals surface area contributed by atoms with Gasteiger partial charge in [0.05, 0.1) is 7.11 Å². The third-order valence-corrected chi connectivity index (χ3v) is 3.90. The lowest BCUT2D eigenvalue weighted by molar-refractivity contribution is 0.161. The lowest BCUT2D eigenvalue weighted by atomic mass is 9.93. The van der Waals surface area contributed by atoms with Gasteiger partial charge >= 0.3 is 0 Å². The number of ether oxygens (including phenoxy) is 2. The summed E-state index contributed by atoms with van der Waals surface area (Å²) in [6.45, 7) is 1.99. The molecule has 21 heavy (non-hydrogen) atoms. The van der Waals surface area contributed by atoms with Gasteiger partial charge in [-0.3, -0.25) is 0 Å². The maximum absolute atomic E-state index is 13.3. The molecular weight excluding hydrogens is 269 g/mol. The minimum atomic E-state index is -0.286. The van der Waals surface area contributed by atoms with Crippen molar-refractivity contribution in [2.45, 2.75) is 25.5 Å². The summed E-state index contributed by atoms with van der Waals surface area (Å²) in [5, 5.41) is 0. The third-order valence-electron chi connectivity index (χ3n) is 3.90. The van der Waals surface area contributed by atoms with Crippen LogP contribution in [-0.2, 0) is 0 Å². The van der Waals surface area contributed by atoms with Crippen LogP contribution in [0.5, 0.6) is 11.5 Å². The number of benzene rings is 2. The first-order valence-corrected chi connectivity index (χ1v) is 6.94. The van der Waals surface area contributed by atoms with Crippen molar-refractivity contribution in [2.24, 2.45) is 5.73 Å². The average molecular weight is 287 g/mol. The van der Waals surface area contributed by atoms with Gasteiger partial charge < -0.3 is 15.2 Å². The summed E-state index contributed by atoms with van der Waals surface area (Å²) in [5.41, 5.74) is 9.01. The molecule has 0 aromatic heterocycles. The first-order valence-electron chi connectivity index (χ1n) is 6.94. The van der Waals surface area contributed by atoms with Gasteiger partial charge in [0.2, 0.25) is 0 Å². The first-order chi connectivity index (χ1) is 10.1. The molecule has 1 heterocycles. The highest BCUT2D eigenvalue weighted by Crippen LogP contribution is 2.40. The van der Waals surface area contributed by atoms with Crippen molar-refractivity contribution in [3.63, 3.8) is 0 Å². The predicted octanol–water partition coefficient (Wildman–Crippen LogP) is 3.67. The Balaban J connectivity index is 1.92. The van der Waals surface area contributed by atoms with Crippen LogP contribution in [0.1, 0.15) is 35.3 Å². The van der Waals surface area contributed by atoms with Crippen LogP contribution in [0.25, 0.3) is 0 Å². The molecule has 1 aliphatic heterocycles. The molecule has 2 aromatic carbocycles. The van der Waals surface area contributed by atoms with Gasteiger partial charge in [0.15, 0.2) is 0 Å². The molecule has 2 atom stereocenters. The molecule has 2 aromatic rings. The number of hydrogen-bond acceptors (Lipinski definition) is 3. The molecule has 2 N–H and O–H groups in total. The molecule has 1 aliphatic rings. The molecule has 3 nitrogen and oxygen atoms in total. The van der Waals surface area contributed by atoms with E-state index in [1.807, 2.05) is 25.1 Å². The number of nitrogens with two attached hydrogens (primary N) is 1. The van der Waals surface area contributed by atoms with Crippen LogP contribution in [-0.4, -0.2) is 7.11 Å². The van der Waals surface area contributed by atoms with E-state index in [-0.39, 0.29) is 18.0 Å². The van der Waals surface area contributed by atoms with E-state index in [9.17, 15) is 4.39 Å². The van der Waals surface area contributed by atoms with Crippen molar-refractivity contribution in [3.8, 4) is 11.5 Å². The Labute approximate surface area is 123 Å². The molecule has 110 valence electrons. The molecule has 0 saturated carbocycles. The minimum absolute atomic E-state index is 0.123. The fourth-order valence-electron chi connectivity index (χ4n) is 2.78. The molecule has 4 heteroatoms. The second kappa shape index (κ2) is 5.37. The fraction of sp³-hybridized carbons (Fsp3) is 0.294. The summed E-state index contributed by atoms with van der Waals surface area (Å²) < 4.78 is 24.6. The molecule has 0 amide bonds. The molecule has 3 rings (SSSR count). The van der Waals surface area contributed by atoms with Gasteiger partial charge in [-0.05, 0) is 48.4 Å². The highest BCUT2D eigenvalue weighted by atomic mass is 19.1. The number of hydrogen-bond donors (Lipinski definition) is 1. The van der Waals surface area contributed by atoms with E-state index in [1.54, 1.807) is 13.2 Å². The normalized spacial score (nSPS) is 20.6. The number of halogens is 1. The SMILES string of the molecule is COc1ccc(C2C[C@H](N)c3cc(F)ccc3O2)cc1C. The number of fused-ring (bicyclic) bond motifs is 1. The van der Waals surface area contributed by atoms with Crippen LogP contribution in [0, 0.1) is 12.7 Å². The first kappa shape index (κ1) is 13.9. The number of aryl methyl sites for hydroxylation is 1. The summed E-state index contributed by atoms with van der Waals surface area (Å²) >= 11 is 0. The smallest absolute Gasteiger partial charge is 0.126 e. The largest absolute Gasteiger partial charge is 0.496 e. The van der Waals surface area contributed by atoms with Gasteiger partial charge in [-0.25, -0.2) is 4.39 Å². The molecule has 0 bridgehead atoms. The van der Waals surface area contributed by atoms with E-state index >= 15 is 0 Å². The Bertz CT molecular complexity index is 672. The highest BCUT2D eigenvalue weighted by molar-refractivity contribution is 5.42. The van der Waals surface area contributed by atoms with E-state index in [0.29, 0.717) is 12.2 Å². The predicted molar refractivity (Wildman–Crippen MR) is 79.0 cm³/mol. The zero-order valence-corrected chi connectivity index (χ0v) is 12.1. The van der Waals surface area contributed by atoms with Crippen LogP contribution >= 0.6 is 0 Å². The van der Waals surface area contributed by atoms with E-state index in [4.69, 9.17) is 15.2 Å². The third kappa shape index (κ3) is 2.59. The quantitative estimate of drug-likeness (QED) is 0.916. The van der Waals surface area contributed by atoms with E-state index in [0.717, 1.165) is 22.4 Å². The van der Waals surface area contributed by atoms with Gasteiger partial charge in [-0.1, -0.05) is 6.07 Å².